The largest absolute Gasteiger partial charge is 0.326 e. The Balaban J connectivity index is 1.60. The Bertz CT molecular complexity index is 450. The van der Waals surface area contributed by atoms with Crippen molar-refractivity contribution in [3.05, 3.63) is 29.3 Å². The Labute approximate surface area is 108 Å². The second kappa shape index (κ2) is 5.11. The summed E-state index contributed by atoms with van der Waals surface area (Å²) >= 11 is 0. The van der Waals surface area contributed by atoms with E-state index in [1.165, 1.54) is 43.5 Å². The quantitative estimate of drug-likeness (QED) is 0.855. The van der Waals surface area contributed by atoms with E-state index in [-0.39, 0.29) is 5.91 Å². The highest BCUT2D eigenvalue weighted by molar-refractivity contribution is 5.99. The number of benzene rings is 1. The summed E-state index contributed by atoms with van der Waals surface area (Å²) in [6.45, 7) is 2.35. The first kappa shape index (κ1) is 11.7. The van der Waals surface area contributed by atoms with Gasteiger partial charge in [0.05, 0.1) is 6.42 Å². The van der Waals surface area contributed by atoms with Gasteiger partial charge in [-0.2, -0.15) is 0 Å². The molecule has 2 heterocycles. The predicted octanol–water partition coefficient (Wildman–Crippen LogP) is 2.11. The van der Waals surface area contributed by atoms with Crippen LogP contribution in [0.15, 0.2) is 18.2 Å². The third-order valence-corrected chi connectivity index (χ3v) is 4.09. The third kappa shape index (κ3) is 2.56. The van der Waals surface area contributed by atoms with E-state index in [9.17, 15) is 4.79 Å². The number of carbonyl (C=O) groups is 1. The fourth-order valence-electron chi connectivity index (χ4n) is 2.98. The van der Waals surface area contributed by atoms with Gasteiger partial charge in [-0.05, 0) is 61.9 Å². The molecule has 1 fully saturated rings. The zero-order valence-electron chi connectivity index (χ0n) is 10.7. The maximum Gasteiger partial charge on any atom is 0.228 e. The molecule has 0 atom stereocenters. The fourth-order valence-corrected chi connectivity index (χ4v) is 2.98. The van der Waals surface area contributed by atoms with Crippen LogP contribution < -0.4 is 10.6 Å². The number of nitrogens with one attached hydrogen (secondary N) is 2. The van der Waals surface area contributed by atoms with Crippen LogP contribution in [0.4, 0.5) is 5.69 Å². The minimum atomic E-state index is 0.125. The number of aryl methyl sites for hydroxylation is 1. The number of fused-ring (bicyclic) bond motifs is 1. The van der Waals surface area contributed by atoms with Gasteiger partial charge in [-0.15, -0.1) is 0 Å². The molecule has 18 heavy (non-hydrogen) atoms. The standard InChI is InChI=1S/C15H20N2O/c18-15-10-13-9-12(3-4-14(13)17-15)2-1-11-5-7-16-8-6-11/h3-4,9,11,16H,1-2,5-8,10H2,(H,17,18). The first-order chi connectivity index (χ1) is 8.81. The fraction of sp³-hybridized carbons (Fsp3) is 0.533. The molecule has 0 unspecified atom stereocenters. The van der Waals surface area contributed by atoms with Gasteiger partial charge in [0, 0.05) is 5.69 Å². The maximum atomic E-state index is 11.3. The summed E-state index contributed by atoms with van der Waals surface area (Å²) in [6.07, 6.45) is 5.60. The average Bonchev–Trinajstić information content (AvgIpc) is 2.77. The second-order valence-corrected chi connectivity index (χ2v) is 5.45. The maximum absolute atomic E-state index is 11.3. The van der Waals surface area contributed by atoms with Crippen LogP contribution in [0, 0.1) is 5.92 Å². The molecule has 96 valence electrons. The monoisotopic (exact) mass is 244 g/mol. The van der Waals surface area contributed by atoms with Gasteiger partial charge in [-0.3, -0.25) is 4.79 Å². The van der Waals surface area contributed by atoms with Crippen molar-refractivity contribution in [2.24, 2.45) is 5.92 Å². The molecule has 1 aromatic rings. The van der Waals surface area contributed by atoms with Crippen molar-refractivity contribution in [3.63, 3.8) is 0 Å². The number of hydrogen-bond donors (Lipinski definition) is 2. The van der Waals surface area contributed by atoms with Gasteiger partial charge >= 0.3 is 0 Å². The number of anilines is 1. The summed E-state index contributed by atoms with van der Waals surface area (Å²) in [5.41, 5.74) is 3.55. The van der Waals surface area contributed by atoms with Crippen molar-refractivity contribution < 1.29 is 4.79 Å². The van der Waals surface area contributed by atoms with E-state index in [0.29, 0.717) is 6.42 Å². The molecule has 2 N–H and O–H groups in total. The Morgan fingerprint density at radius 1 is 1.22 bits per heavy atom. The highest BCUT2D eigenvalue weighted by atomic mass is 16.1. The normalized spacial score (nSPS) is 19.7. The van der Waals surface area contributed by atoms with Crippen molar-refractivity contribution >= 4 is 11.6 Å². The Morgan fingerprint density at radius 3 is 2.89 bits per heavy atom. The van der Waals surface area contributed by atoms with Crippen LogP contribution in [0.3, 0.4) is 0 Å². The van der Waals surface area contributed by atoms with Gasteiger partial charge in [-0.25, -0.2) is 0 Å². The van der Waals surface area contributed by atoms with Crippen LogP contribution in [0.25, 0.3) is 0 Å². The topological polar surface area (TPSA) is 41.1 Å². The molecule has 1 amide bonds. The molecule has 1 saturated heterocycles. The number of carbonyl (C=O) groups excluding carboxylic acids is 1. The summed E-state index contributed by atoms with van der Waals surface area (Å²) in [5.74, 6) is 1.000. The van der Waals surface area contributed by atoms with E-state index in [0.717, 1.165) is 18.0 Å². The molecule has 1 aromatic carbocycles. The SMILES string of the molecule is O=C1Cc2cc(CCC3CCNCC3)ccc2N1. The highest BCUT2D eigenvalue weighted by Gasteiger charge is 2.18. The first-order valence-electron chi connectivity index (χ1n) is 6.93. The minimum absolute atomic E-state index is 0.125. The number of hydrogen-bond acceptors (Lipinski definition) is 2. The van der Waals surface area contributed by atoms with Gasteiger partial charge < -0.3 is 10.6 Å². The van der Waals surface area contributed by atoms with E-state index < -0.39 is 0 Å². The van der Waals surface area contributed by atoms with Crippen LogP contribution in [0.2, 0.25) is 0 Å². The molecule has 3 heteroatoms. The lowest BCUT2D eigenvalue weighted by molar-refractivity contribution is -0.115. The molecular formula is C15H20N2O. The lowest BCUT2D eigenvalue weighted by Crippen LogP contribution is -2.27. The lowest BCUT2D eigenvalue weighted by atomic mass is 9.91. The van der Waals surface area contributed by atoms with Crippen molar-refractivity contribution in [1.29, 1.82) is 0 Å². The summed E-state index contributed by atoms with van der Waals surface area (Å²) in [5, 5.41) is 6.29. The Hall–Kier alpha value is -1.35. The van der Waals surface area contributed by atoms with Gasteiger partial charge in [0.25, 0.3) is 0 Å². The Morgan fingerprint density at radius 2 is 2.06 bits per heavy atom. The number of amides is 1. The number of rotatable bonds is 3. The Kier molecular flexibility index (Phi) is 3.33. The van der Waals surface area contributed by atoms with Crippen LogP contribution >= 0.6 is 0 Å². The van der Waals surface area contributed by atoms with Gasteiger partial charge in [-0.1, -0.05) is 12.1 Å². The van der Waals surface area contributed by atoms with Crippen LogP contribution in [-0.4, -0.2) is 19.0 Å². The molecule has 3 nitrogen and oxygen atoms in total. The molecule has 2 aliphatic heterocycles. The minimum Gasteiger partial charge on any atom is -0.326 e. The van der Waals surface area contributed by atoms with Gasteiger partial charge in [0.15, 0.2) is 0 Å². The molecule has 0 aliphatic carbocycles. The van der Waals surface area contributed by atoms with E-state index in [1.807, 2.05) is 0 Å². The van der Waals surface area contributed by atoms with Gasteiger partial charge in [0.1, 0.15) is 0 Å². The van der Waals surface area contributed by atoms with Crippen molar-refractivity contribution in [3.8, 4) is 0 Å². The zero-order valence-corrected chi connectivity index (χ0v) is 10.7. The first-order valence-corrected chi connectivity index (χ1v) is 6.93. The van der Waals surface area contributed by atoms with E-state index in [4.69, 9.17) is 0 Å². The van der Waals surface area contributed by atoms with Crippen molar-refractivity contribution in [2.45, 2.75) is 32.1 Å². The predicted molar refractivity (Wildman–Crippen MR) is 72.7 cm³/mol. The second-order valence-electron chi connectivity index (χ2n) is 5.45. The zero-order chi connectivity index (χ0) is 12.4. The van der Waals surface area contributed by atoms with Crippen LogP contribution in [0.1, 0.15) is 30.4 Å². The number of piperidine rings is 1. The molecule has 0 spiro atoms. The lowest BCUT2D eigenvalue weighted by Gasteiger charge is -2.22. The van der Waals surface area contributed by atoms with E-state index in [2.05, 4.69) is 28.8 Å². The molecular weight excluding hydrogens is 224 g/mol. The smallest absolute Gasteiger partial charge is 0.228 e. The van der Waals surface area contributed by atoms with E-state index in [1.54, 1.807) is 0 Å². The molecule has 0 aromatic heterocycles. The van der Waals surface area contributed by atoms with Gasteiger partial charge in [0.2, 0.25) is 5.91 Å². The van der Waals surface area contributed by atoms with Crippen molar-refractivity contribution in [2.75, 3.05) is 18.4 Å². The molecule has 3 rings (SSSR count). The summed E-state index contributed by atoms with van der Waals surface area (Å²) < 4.78 is 0. The molecule has 0 bridgehead atoms. The summed E-state index contributed by atoms with van der Waals surface area (Å²) in [4.78, 5) is 11.3. The van der Waals surface area contributed by atoms with Crippen LogP contribution in [-0.2, 0) is 17.6 Å². The molecule has 2 aliphatic rings. The van der Waals surface area contributed by atoms with Crippen LogP contribution in [0.5, 0.6) is 0 Å². The highest BCUT2D eigenvalue weighted by Crippen LogP contribution is 2.25. The molecule has 0 radical (unpaired) electrons. The third-order valence-electron chi connectivity index (χ3n) is 4.09. The molecule has 0 saturated carbocycles. The summed E-state index contributed by atoms with van der Waals surface area (Å²) in [7, 11) is 0. The van der Waals surface area contributed by atoms with Crippen molar-refractivity contribution in [1.82, 2.24) is 5.32 Å². The van der Waals surface area contributed by atoms with E-state index >= 15 is 0 Å². The summed E-state index contributed by atoms with van der Waals surface area (Å²) in [6, 6.07) is 6.41. The average molecular weight is 244 g/mol.